The standard InChI is InChI=1S/C10H14N2O4S/c1-7(2)11-17(15,16)10-5-4-8(3)6-9(10)12(13)14/h4-7,11H,1-3H3. The van der Waals surface area contributed by atoms with E-state index in [2.05, 4.69) is 4.72 Å². The summed E-state index contributed by atoms with van der Waals surface area (Å²) >= 11 is 0. The van der Waals surface area contributed by atoms with E-state index in [0.717, 1.165) is 0 Å². The van der Waals surface area contributed by atoms with Gasteiger partial charge in [0.15, 0.2) is 4.90 Å². The van der Waals surface area contributed by atoms with Crippen LogP contribution >= 0.6 is 0 Å². The SMILES string of the molecule is Cc1ccc(S(=O)(=O)NC(C)C)c([N+](=O)[O-])c1. The van der Waals surface area contributed by atoms with E-state index < -0.39 is 20.6 Å². The maximum Gasteiger partial charge on any atom is 0.289 e. The van der Waals surface area contributed by atoms with Crippen LogP contribution in [-0.2, 0) is 10.0 Å². The Hall–Kier alpha value is -1.47. The molecule has 0 unspecified atom stereocenters. The van der Waals surface area contributed by atoms with Gasteiger partial charge in [-0.25, -0.2) is 13.1 Å². The van der Waals surface area contributed by atoms with E-state index in [1.165, 1.54) is 18.2 Å². The van der Waals surface area contributed by atoms with Gasteiger partial charge in [0.05, 0.1) is 4.92 Å². The van der Waals surface area contributed by atoms with Gasteiger partial charge in [-0.2, -0.15) is 0 Å². The van der Waals surface area contributed by atoms with Crippen LogP contribution in [0.25, 0.3) is 0 Å². The van der Waals surface area contributed by atoms with Crippen molar-refractivity contribution in [3.05, 3.63) is 33.9 Å². The zero-order chi connectivity index (χ0) is 13.2. The molecule has 0 saturated carbocycles. The van der Waals surface area contributed by atoms with Crippen molar-refractivity contribution < 1.29 is 13.3 Å². The summed E-state index contributed by atoms with van der Waals surface area (Å²) in [6.45, 7) is 4.97. The first-order valence-corrected chi connectivity index (χ1v) is 6.49. The van der Waals surface area contributed by atoms with Gasteiger partial charge in [-0.15, -0.1) is 0 Å². The fourth-order valence-corrected chi connectivity index (χ4v) is 2.77. The van der Waals surface area contributed by atoms with Crippen LogP contribution in [0.2, 0.25) is 0 Å². The van der Waals surface area contributed by atoms with E-state index in [1.807, 2.05) is 0 Å². The molecule has 1 N–H and O–H groups in total. The molecule has 0 aliphatic carbocycles. The molecule has 1 aromatic carbocycles. The highest BCUT2D eigenvalue weighted by molar-refractivity contribution is 7.89. The Morgan fingerprint density at radius 3 is 2.41 bits per heavy atom. The van der Waals surface area contributed by atoms with Gasteiger partial charge >= 0.3 is 0 Å². The number of nitro groups is 1. The van der Waals surface area contributed by atoms with Crippen LogP contribution < -0.4 is 4.72 Å². The zero-order valence-electron chi connectivity index (χ0n) is 9.80. The van der Waals surface area contributed by atoms with Crippen LogP contribution in [0.15, 0.2) is 23.1 Å². The molecule has 0 bridgehead atoms. The van der Waals surface area contributed by atoms with Crippen molar-refractivity contribution >= 4 is 15.7 Å². The summed E-state index contributed by atoms with van der Waals surface area (Å²) in [7, 11) is -3.84. The number of hydrogen-bond acceptors (Lipinski definition) is 4. The molecule has 0 atom stereocenters. The Balaban J connectivity index is 3.36. The monoisotopic (exact) mass is 258 g/mol. The summed E-state index contributed by atoms with van der Waals surface area (Å²) in [5.74, 6) is 0. The minimum atomic E-state index is -3.84. The van der Waals surface area contributed by atoms with E-state index in [-0.39, 0.29) is 10.9 Å². The Morgan fingerprint density at radius 2 is 1.94 bits per heavy atom. The second-order valence-electron chi connectivity index (χ2n) is 4.00. The molecule has 0 aliphatic rings. The molecule has 7 heteroatoms. The summed E-state index contributed by atoms with van der Waals surface area (Å²) in [5, 5.41) is 10.8. The molecular weight excluding hydrogens is 244 g/mol. The summed E-state index contributed by atoms with van der Waals surface area (Å²) < 4.78 is 26.0. The minimum absolute atomic E-state index is 0.304. The van der Waals surface area contributed by atoms with Crippen molar-refractivity contribution in [2.24, 2.45) is 0 Å². The van der Waals surface area contributed by atoms with E-state index >= 15 is 0 Å². The topological polar surface area (TPSA) is 89.3 Å². The zero-order valence-corrected chi connectivity index (χ0v) is 10.6. The van der Waals surface area contributed by atoms with Gasteiger partial charge in [-0.1, -0.05) is 6.07 Å². The van der Waals surface area contributed by atoms with Crippen LogP contribution in [0.3, 0.4) is 0 Å². The second kappa shape index (κ2) is 4.80. The largest absolute Gasteiger partial charge is 0.289 e. The lowest BCUT2D eigenvalue weighted by Gasteiger charge is -2.10. The van der Waals surface area contributed by atoms with Gasteiger partial charge in [0.25, 0.3) is 5.69 Å². The van der Waals surface area contributed by atoms with Crippen LogP contribution in [0, 0.1) is 17.0 Å². The smallest absolute Gasteiger partial charge is 0.258 e. The van der Waals surface area contributed by atoms with Gasteiger partial charge < -0.3 is 0 Å². The second-order valence-corrected chi connectivity index (χ2v) is 5.69. The van der Waals surface area contributed by atoms with Crippen LogP contribution in [0.1, 0.15) is 19.4 Å². The van der Waals surface area contributed by atoms with Gasteiger partial charge in [0.2, 0.25) is 10.0 Å². The molecule has 1 aromatic rings. The quantitative estimate of drug-likeness (QED) is 0.656. The van der Waals surface area contributed by atoms with E-state index in [1.54, 1.807) is 20.8 Å². The molecule has 94 valence electrons. The number of nitrogens with zero attached hydrogens (tertiary/aromatic N) is 1. The fourth-order valence-electron chi connectivity index (χ4n) is 1.37. The highest BCUT2D eigenvalue weighted by Gasteiger charge is 2.26. The maximum absolute atomic E-state index is 11.9. The molecule has 0 heterocycles. The number of nitrogens with one attached hydrogen (secondary N) is 1. The van der Waals surface area contributed by atoms with Crippen molar-refractivity contribution in [1.29, 1.82) is 0 Å². The van der Waals surface area contributed by atoms with Crippen LogP contribution in [-0.4, -0.2) is 19.4 Å². The lowest BCUT2D eigenvalue weighted by atomic mass is 10.2. The molecule has 0 saturated heterocycles. The van der Waals surface area contributed by atoms with Gasteiger partial charge in [-0.3, -0.25) is 10.1 Å². The molecule has 1 rings (SSSR count). The van der Waals surface area contributed by atoms with E-state index in [9.17, 15) is 18.5 Å². The molecule has 0 aliphatic heterocycles. The average Bonchev–Trinajstić information content (AvgIpc) is 2.14. The van der Waals surface area contributed by atoms with Crippen molar-refractivity contribution in [2.75, 3.05) is 0 Å². The lowest BCUT2D eigenvalue weighted by molar-refractivity contribution is -0.387. The average molecular weight is 258 g/mol. The van der Waals surface area contributed by atoms with Crippen LogP contribution in [0.4, 0.5) is 5.69 Å². The predicted molar refractivity (Wildman–Crippen MR) is 63.3 cm³/mol. The first-order chi connectivity index (χ1) is 7.74. The lowest BCUT2D eigenvalue weighted by Crippen LogP contribution is -2.30. The van der Waals surface area contributed by atoms with Crippen molar-refractivity contribution in [1.82, 2.24) is 4.72 Å². The summed E-state index contributed by atoms with van der Waals surface area (Å²) in [5.41, 5.74) is 0.235. The molecule has 0 amide bonds. The molecule has 0 aromatic heterocycles. The predicted octanol–water partition coefficient (Wildman–Crippen LogP) is 1.59. The Morgan fingerprint density at radius 1 is 1.35 bits per heavy atom. The summed E-state index contributed by atoms with van der Waals surface area (Å²) in [6, 6.07) is 3.70. The first-order valence-electron chi connectivity index (χ1n) is 5.01. The number of rotatable bonds is 4. The van der Waals surface area contributed by atoms with Crippen LogP contribution in [0.5, 0.6) is 0 Å². The third-order valence-corrected chi connectivity index (χ3v) is 3.70. The fraction of sp³-hybridized carbons (Fsp3) is 0.400. The van der Waals surface area contributed by atoms with Gasteiger partial charge in [-0.05, 0) is 32.4 Å². The third-order valence-electron chi connectivity index (χ3n) is 1.99. The molecule has 6 nitrogen and oxygen atoms in total. The number of sulfonamides is 1. The molecule has 17 heavy (non-hydrogen) atoms. The normalized spacial score (nSPS) is 11.8. The number of aryl methyl sites for hydroxylation is 1. The summed E-state index contributed by atoms with van der Waals surface area (Å²) in [6.07, 6.45) is 0. The van der Waals surface area contributed by atoms with Crippen molar-refractivity contribution in [3.8, 4) is 0 Å². The molecule has 0 radical (unpaired) electrons. The van der Waals surface area contributed by atoms with E-state index in [4.69, 9.17) is 0 Å². The third kappa shape index (κ3) is 3.24. The van der Waals surface area contributed by atoms with Crippen molar-refractivity contribution in [3.63, 3.8) is 0 Å². The van der Waals surface area contributed by atoms with Crippen molar-refractivity contribution in [2.45, 2.75) is 31.7 Å². The number of benzene rings is 1. The molecule has 0 spiro atoms. The Bertz CT molecular complexity index is 537. The number of hydrogen-bond donors (Lipinski definition) is 1. The first kappa shape index (κ1) is 13.6. The molecular formula is C10H14N2O4S. The Labute approximate surface area is 99.9 Å². The van der Waals surface area contributed by atoms with Gasteiger partial charge in [0.1, 0.15) is 0 Å². The van der Waals surface area contributed by atoms with Gasteiger partial charge in [0, 0.05) is 12.1 Å². The minimum Gasteiger partial charge on any atom is -0.258 e. The Kier molecular flexibility index (Phi) is 3.84. The number of nitro benzene ring substituents is 1. The van der Waals surface area contributed by atoms with E-state index in [0.29, 0.717) is 5.56 Å². The highest BCUT2D eigenvalue weighted by Crippen LogP contribution is 2.24. The maximum atomic E-state index is 11.9. The molecule has 0 fully saturated rings. The highest BCUT2D eigenvalue weighted by atomic mass is 32.2. The summed E-state index contributed by atoms with van der Waals surface area (Å²) in [4.78, 5) is 9.82.